The number of rotatable bonds is 9. The minimum absolute atomic E-state index is 0.598. The predicted molar refractivity (Wildman–Crippen MR) is 484 cm³/mol. The maximum Gasteiger partial charge on any atom is 0.227 e. The van der Waals surface area contributed by atoms with Gasteiger partial charge in [0.2, 0.25) is 23.6 Å². The second-order valence-corrected chi connectivity index (χ2v) is 34.7. The van der Waals surface area contributed by atoms with Gasteiger partial charge < -0.3 is 37.1 Å². The van der Waals surface area contributed by atoms with Gasteiger partial charge in [0.15, 0.2) is 33.8 Å². The van der Waals surface area contributed by atoms with E-state index in [4.69, 9.17) is 47.3 Å². The van der Waals surface area contributed by atoms with Crippen LogP contribution in [-0.2, 0) is 0 Å². The number of hydrogen-bond acceptors (Lipinski definition) is 18. The monoisotopic (exact) mass is 1780 g/mol. The lowest BCUT2D eigenvalue weighted by atomic mass is 10.1. The summed E-state index contributed by atoms with van der Waals surface area (Å²) in [5, 5.41) is 2.00. The Morgan fingerprint density at radius 3 is 1.15 bits per heavy atom. The number of benzene rings is 15. The van der Waals surface area contributed by atoms with Crippen molar-refractivity contribution in [2.45, 2.75) is 19.6 Å². The summed E-state index contributed by atoms with van der Waals surface area (Å²) in [7, 11) is 0. The summed E-state index contributed by atoms with van der Waals surface area (Å²) in [5.41, 5.74) is 23.9. The first-order chi connectivity index (χ1) is 57.6. The molecule has 9 heterocycles. The van der Waals surface area contributed by atoms with Crippen molar-refractivity contribution in [3.8, 4) is 78.5 Å². The molecular formula is C96H54Br3N9O5S4. The number of oxazole rings is 4. The van der Waals surface area contributed by atoms with Crippen molar-refractivity contribution in [3.63, 3.8) is 0 Å². The largest absolute Gasteiger partial charge is 0.453 e. The fourth-order valence-corrected chi connectivity index (χ4v) is 20.4. The summed E-state index contributed by atoms with van der Waals surface area (Å²) >= 11 is 17.8. The van der Waals surface area contributed by atoms with Crippen LogP contribution in [0.2, 0.25) is 0 Å². The van der Waals surface area contributed by atoms with E-state index >= 15 is 0 Å². The Balaban J connectivity index is 0.000000106. The van der Waals surface area contributed by atoms with Crippen molar-refractivity contribution >= 4 is 210 Å². The molecule has 0 atom stereocenters. The lowest BCUT2D eigenvalue weighted by Gasteiger charge is -2.33. The Morgan fingerprint density at radius 1 is 0.239 bits per heavy atom. The molecule has 558 valence electrons. The Bertz CT molecular complexity index is 7020. The van der Waals surface area contributed by atoms with E-state index in [1.807, 2.05) is 133 Å². The zero-order valence-corrected chi connectivity index (χ0v) is 69.0. The summed E-state index contributed by atoms with van der Waals surface area (Å²) in [6, 6.07) is 111. The summed E-state index contributed by atoms with van der Waals surface area (Å²) in [4.78, 5) is 40.0. The van der Waals surface area contributed by atoms with E-state index in [1.165, 1.54) is 14.3 Å². The van der Waals surface area contributed by atoms with Crippen LogP contribution in [-0.4, -0.2) is 29.9 Å². The zero-order chi connectivity index (χ0) is 77.8. The second-order valence-electron chi connectivity index (χ2n) is 27.8. The molecule has 3 aliphatic heterocycles. The van der Waals surface area contributed by atoms with Crippen molar-refractivity contribution in [1.29, 1.82) is 0 Å². The molecule has 0 N–H and O–H groups in total. The van der Waals surface area contributed by atoms with Crippen molar-refractivity contribution in [3.05, 3.63) is 341 Å². The number of fused-ring (bicyclic) bond motifs is 12. The fourth-order valence-electron chi connectivity index (χ4n) is 14.8. The first-order valence-corrected chi connectivity index (χ1v) is 42.9. The van der Waals surface area contributed by atoms with Gasteiger partial charge >= 0.3 is 0 Å². The summed E-state index contributed by atoms with van der Waals surface area (Å²) in [6.07, 6.45) is 0. The molecule has 24 rings (SSSR count). The molecule has 0 fully saturated rings. The molecule has 15 aromatic carbocycles. The van der Waals surface area contributed by atoms with Crippen molar-refractivity contribution < 1.29 is 22.4 Å². The van der Waals surface area contributed by atoms with Gasteiger partial charge in [0.1, 0.15) is 32.1 Å². The molecule has 0 unspecified atom stereocenters. The van der Waals surface area contributed by atoms with Crippen molar-refractivity contribution in [1.82, 2.24) is 29.9 Å². The van der Waals surface area contributed by atoms with Gasteiger partial charge in [-0.3, -0.25) is 0 Å². The van der Waals surface area contributed by atoms with Crippen LogP contribution < -0.4 is 19.4 Å². The molecule has 0 aliphatic carbocycles. The van der Waals surface area contributed by atoms with Gasteiger partial charge in [-0.2, -0.15) is 0 Å². The van der Waals surface area contributed by atoms with E-state index in [2.05, 4.69) is 262 Å². The van der Waals surface area contributed by atoms with E-state index < -0.39 is 0 Å². The van der Waals surface area contributed by atoms with Crippen molar-refractivity contribution in [2.24, 2.45) is 0 Å². The molecule has 0 spiro atoms. The maximum atomic E-state index is 6.47. The minimum Gasteiger partial charge on any atom is -0.453 e. The molecule has 14 nitrogen and oxygen atoms in total. The fraction of sp³-hybridized carbons (Fsp3) is 0. The Kier molecular flexibility index (Phi) is 17.9. The maximum absolute atomic E-state index is 6.47. The average Bonchev–Trinajstić information content (AvgIpc) is 1.55. The molecule has 0 saturated carbocycles. The molecule has 0 saturated heterocycles. The molecule has 0 amide bonds. The average molecular weight is 1780 g/mol. The quantitative estimate of drug-likeness (QED) is 0.135. The van der Waals surface area contributed by atoms with Gasteiger partial charge in [-0.15, -0.1) is 22.7 Å². The number of ether oxygens (including phenoxy) is 1. The second kappa shape index (κ2) is 29.5. The highest BCUT2D eigenvalue weighted by Crippen LogP contribution is 2.57. The van der Waals surface area contributed by atoms with E-state index in [0.29, 0.717) is 23.6 Å². The number of thiazole rings is 2. The number of aromatic nitrogens is 6. The van der Waals surface area contributed by atoms with Crippen LogP contribution in [0.4, 0.5) is 51.2 Å². The van der Waals surface area contributed by atoms with Crippen LogP contribution in [0, 0.1) is 0 Å². The molecule has 117 heavy (non-hydrogen) atoms. The molecule has 21 heteroatoms. The van der Waals surface area contributed by atoms with Gasteiger partial charge in [0, 0.05) is 83.4 Å². The van der Waals surface area contributed by atoms with Gasteiger partial charge in [0.05, 0.1) is 54.6 Å². The minimum atomic E-state index is 0.598. The van der Waals surface area contributed by atoms with E-state index in [0.717, 1.165) is 190 Å². The van der Waals surface area contributed by atoms with Crippen LogP contribution in [0.25, 0.3) is 132 Å². The van der Waals surface area contributed by atoms with Gasteiger partial charge in [-0.1, -0.05) is 150 Å². The first-order valence-electron chi connectivity index (χ1n) is 37.3. The molecule has 21 aromatic rings. The standard InChI is InChI=1S/2C32H18BrN3O2S.C32H18BrN3OS2/c33-21-13-14-25-30(18-21)39-29-15-12-20(32-35-24-9-2-4-11-28(24)38-32)17-26(29)36(25)22-7-5-6-19(16-22)31-34-23-8-1-3-10-27(23)37-31;33-21-12-16-26-30(18-21)39-29-17-20(32-35-24-6-2-4-8-28(24)38-32)11-15-25(29)36(26)22-13-9-19(10-14-22)31-34-23-5-1-3-7-27(23)37-31;33-21-12-16-26-28(18-21)37-27-17-20(32-35-24-6-2-4-8-30(24)39-32)11-15-25(27)36(26)22-13-9-19(10-14-22)31-34-23-5-1-3-7-29(23)38-31/h3*1-18H. The van der Waals surface area contributed by atoms with Gasteiger partial charge in [-0.05, 0) is 249 Å². The normalized spacial score (nSPS) is 12.5. The zero-order valence-electron chi connectivity index (χ0n) is 61.0. The van der Waals surface area contributed by atoms with E-state index in [-0.39, 0.29) is 0 Å². The summed E-state index contributed by atoms with van der Waals surface area (Å²) in [6.45, 7) is 0. The lowest BCUT2D eigenvalue weighted by molar-refractivity contribution is 0.477. The van der Waals surface area contributed by atoms with E-state index in [9.17, 15) is 0 Å². The Hall–Kier alpha value is -12.7. The topological polar surface area (TPSA) is 149 Å². The Morgan fingerprint density at radius 2 is 0.615 bits per heavy atom. The van der Waals surface area contributed by atoms with Gasteiger partial charge in [-0.25, -0.2) is 29.9 Å². The third-order valence-electron chi connectivity index (χ3n) is 20.3. The lowest BCUT2D eigenvalue weighted by Crippen LogP contribution is -2.15. The molecule has 0 radical (unpaired) electrons. The summed E-state index contributed by atoms with van der Waals surface area (Å²) in [5.74, 6) is 4.03. The Labute approximate surface area is 709 Å². The SMILES string of the molecule is Brc1ccc2c(c1)Oc1cc(-c3nc4ccccc4s3)ccc1N2c1ccc(-c2nc3ccccc3s2)cc1.Brc1ccc2c(c1)Sc1cc(-c3nc4ccccc4o3)ccc1N2c1ccc(-c2nc3ccccc3o2)cc1.Brc1ccc2c(c1)Sc1ccc(-c3nc4ccccc4o3)cc1N2c1cccc(-c2nc3ccccc3o2)c1. The van der Waals surface area contributed by atoms with Crippen molar-refractivity contribution in [2.75, 3.05) is 14.7 Å². The number of para-hydroxylation sites is 10. The number of halogens is 3. The molecule has 3 aliphatic rings. The van der Waals surface area contributed by atoms with Crippen LogP contribution in [0.1, 0.15) is 0 Å². The highest BCUT2D eigenvalue weighted by molar-refractivity contribution is 9.11. The number of anilines is 9. The molecule has 6 aromatic heterocycles. The number of hydrogen-bond donors (Lipinski definition) is 0. The third-order valence-corrected chi connectivity index (χ3v) is 26.2. The predicted octanol–water partition coefficient (Wildman–Crippen LogP) is 30.6. The van der Waals surface area contributed by atoms with Crippen LogP contribution in [0.15, 0.2) is 378 Å². The van der Waals surface area contributed by atoms with E-state index in [1.54, 1.807) is 46.2 Å². The number of nitrogens with zero attached hydrogens (tertiary/aromatic N) is 9. The highest BCUT2D eigenvalue weighted by atomic mass is 79.9. The van der Waals surface area contributed by atoms with Gasteiger partial charge in [0.25, 0.3) is 0 Å². The summed E-state index contributed by atoms with van der Waals surface area (Å²) < 4.78 is 36.2. The van der Waals surface area contributed by atoms with Crippen LogP contribution in [0.5, 0.6) is 11.5 Å². The van der Waals surface area contributed by atoms with Crippen LogP contribution >= 0.6 is 94.0 Å². The highest BCUT2D eigenvalue weighted by Gasteiger charge is 2.32. The van der Waals surface area contributed by atoms with Crippen LogP contribution in [0.3, 0.4) is 0 Å². The third kappa shape index (κ3) is 13.4. The molecule has 0 bridgehead atoms. The smallest absolute Gasteiger partial charge is 0.227 e. The first kappa shape index (κ1) is 70.9. The molecular weight excluding hydrogens is 1730 g/mol.